The minimum Gasteiger partial charge on any atom is -0.495 e. The lowest BCUT2D eigenvalue weighted by Gasteiger charge is -2.10. The Bertz CT molecular complexity index is 1510. The van der Waals surface area contributed by atoms with E-state index < -0.39 is 4.92 Å². The van der Waals surface area contributed by atoms with Gasteiger partial charge in [-0.2, -0.15) is 0 Å². The summed E-state index contributed by atoms with van der Waals surface area (Å²) in [4.78, 5) is 30.4. The largest absolute Gasteiger partial charge is 0.495 e. The Morgan fingerprint density at radius 3 is 2.84 bits per heavy atom. The van der Waals surface area contributed by atoms with E-state index in [9.17, 15) is 14.9 Å². The van der Waals surface area contributed by atoms with Crippen molar-refractivity contribution in [3.8, 4) is 5.75 Å². The van der Waals surface area contributed by atoms with Crippen LogP contribution in [-0.2, 0) is 4.79 Å². The molecule has 5 aromatic rings. The van der Waals surface area contributed by atoms with Gasteiger partial charge < -0.3 is 19.5 Å². The highest BCUT2D eigenvalue weighted by atomic mass is 32.2. The first-order valence-corrected chi connectivity index (χ1v) is 10.6. The van der Waals surface area contributed by atoms with Crippen molar-refractivity contribution in [1.82, 2.24) is 9.97 Å². The molecule has 5 rings (SSSR count). The maximum atomic E-state index is 12.6. The summed E-state index contributed by atoms with van der Waals surface area (Å²) in [5.41, 5.74) is 3.02. The van der Waals surface area contributed by atoms with Crippen molar-refractivity contribution in [2.75, 3.05) is 18.2 Å². The number of rotatable bonds is 6. The molecule has 0 aliphatic heterocycles. The summed E-state index contributed by atoms with van der Waals surface area (Å²) in [5.74, 6) is 0.358. The van der Waals surface area contributed by atoms with E-state index in [-0.39, 0.29) is 17.3 Å². The maximum absolute atomic E-state index is 12.6. The number of carbonyl (C=O) groups is 1. The van der Waals surface area contributed by atoms with Crippen molar-refractivity contribution in [2.24, 2.45) is 0 Å². The fourth-order valence-corrected chi connectivity index (χ4v) is 4.18. The molecule has 2 N–H and O–H groups in total. The zero-order chi connectivity index (χ0) is 22.2. The zero-order valence-electron chi connectivity index (χ0n) is 16.7. The van der Waals surface area contributed by atoms with Gasteiger partial charge in [-0.05, 0) is 18.2 Å². The van der Waals surface area contributed by atoms with Gasteiger partial charge in [0.2, 0.25) is 5.91 Å². The third kappa shape index (κ3) is 3.60. The van der Waals surface area contributed by atoms with E-state index >= 15 is 0 Å². The van der Waals surface area contributed by atoms with Crippen molar-refractivity contribution in [3.63, 3.8) is 0 Å². The van der Waals surface area contributed by atoms with Crippen LogP contribution in [0.25, 0.3) is 33.0 Å². The summed E-state index contributed by atoms with van der Waals surface area (Å²) < 4.78 is 11.4. The Morgan fingerprint density at radius 1 is 1.19 bits per heavy atom. The van der Waals surface area contributed by atoms with Gasteiger partial charge in [0.1, 0.15) is 16.9 Å². The molecule has 0 saturated carbocycles. The number of non-ortho nitro benzene ring substituents is 1. The van der Waals surface area contributed by atoms with E-state index in [1.165, 1.54) is 23.9 Å². The van der Waals surface area contributed by atoms with Gasteiger partial charge in [0.15, 0.2) is 5.16 Å². The lowest BCUT2D eigenvalue weighted by Crippen LogP contribution is -2.14. The summed E-state index contributed by atoms with van der Waals surface area (Å²) >= 11 is 1.20. The van der Waals surface area contributed by atoms with E-state index in [4.69, 9.17) is 9.15 Å². The Kier molecular flexibility index (Phi) is 4.91. The molecule has 1 amide bonds. The summed E-state index contributed by atoms with van der Waals surface area (Å²) in [6.45, 7) is 0. The van der Waals surface area contributed by atoms with Gasteiger partial charge in [-0.1, -0.05) is 30.0 Å². The van der Waals surface area contributed by atoms with Crippen LogP contribution in [0.2, 0.25) is 0 Å². The number of ether oxygens (including phenoxy) is 1. The molecule has 3 aromatic carbocycles. The number of nitro benzene ring substituents is 1. The Labute approximate surface area is 184 Å². The van der Waals surface area contributed by atoms with Gasteiger partial charge in [-0.3, -0.25) is 14.9 Å². The molecule has 0 saturated heterocycles. The van der Waals surface area contributed by atoms with Gasteiger partial charge in [0.05, 0.1) is 34.5 Å². The van der Waals surface area contributed by atoms with E-state index in [2.05, 4.69) is 15.3 Å². The van der Waals surface area contributed by atoms with Gasteiger partial charge in [-0.25, -0.2) is 4.98 Å². The van der Waals surface area contributed by atoms with Crippen molar-refractivity contribution < 1.29 is 18.9 Å². The molecular formula is C22H16N4O5S. The smallest absolute Gasteiger partial charge is 0.271 e. The first kappa shape index (κ1) is 19.9. The molecule has 0 aliphatic rings. The van der Waals surface area contributed by atoms with Crippen LogP contribution >= 0.6 is 11.8 Å². The van der Waals surface area contributed by atoms with Gasteiger partial charge in [0.25, 0.3) is 5.69 Å². The van der Waals surface area contributed by atoms with Crippen LogP contribution in [0.15, 0.2) is 64.2 Å². The number of methoxy groups -OCH3 is 1. The lowest BCUT2D eigenvalue weighted by atomic mass is 10.1. The minimum atomic E-state index is -0.466. The molecule has 0 aliphatic carbocycles. The number of fused-ring (bicyclic) bond motifs is 4. The van der Waals surface area contributed by atoms with Gasteiger partial charge in [0, 0.05) is 29.0 Å². The molecule has 0 radical (unpaired) electrons. The number of furan rings is 1. The third-order valence-corrected chi connectivity index (χ3v) is 5.84. The second-order valence-electron chi connectivity index (χ2n) is 6.98. The number of benzene rings is 3. The summed E-state index contributed by atoms with van der Waals surface area (Å²) in [7, 11) is 1.54. The number of nitrogens with one attached hydrogen (secondary N) is 2. The average Bonchev–Trinajstić information content (AvgIpc) is 3.36. The number of anilines is 1. The average molecular weight is 448 g/mol. The molecule has 2 aromatic heterocycles. The second kappa shape index (κ2) is 7.89. The Hall–Kier alpha value is -4.05. The fraction of sp³-hybridized carbons (Fsp3) is 0.0909. The van der Waals surface area contributed by atoms with E-state index in [0.29, 0.717) is 33.2 Å². The highest BCUT2D eigenvalue weighted by Gasteiger charge is 2.15. The highest BCUT2D eigenvalue weighted by molar-refractivity contribution is 7.99. The second-order valence-corrected chi connectivity index (χ2v) is 7.95. The van der Waals surface area contributed by atoms with Crippen LogP contribution < -0.4 is 10.1 Å². The number of nitrogens with zero attached hydrogens (tertiary/aromatic N) is 2. The van der Waals surface area contributed by atoms with Gasteiger partial charge in [-0.15, -0.1) is 0 Å². The molecule has 0 fully saturated rings. The molecule has 0 unspecified atom stereocenters. The molecule has 32 heavy (non-hydrogen) atoms. The number of hydrogen-bond donors (Lipinski definition) is 2. The summed E-state index contributed by atoms with van der Waals surface area (Å²) in [5, 5.41) is 16.1. The normalized spacial score (nSPS) is 11.3. The standard InChI is InChI=1S/C22H16N4O5S/c1-30-20-9-14-13-4-2-3-5-18(13)31-19(14)10-17(20)23-21(27)11-32-22-24-15-7-6-12(26(28)29)8-16(15)25-22/h2-10H,11H2,1H3,(H,23,27)(H,24,25). The number of nitro groups is 1. The molecule has 160 valence electrons. The lowest BCUT2D eigenvalue weighted by molar-refractivity contribution is -0.384. The molecule has 0 atom stereocenters. The topological polar surface area (TPSA) is 123 Å². The van der Waals surface area contributed by atoms with Crippen molar-refractivity contribution >= 4 is 62.0 Å². The SMILES string of the molecule is COc1cc2c(cc1NC(=O)CSc1nc3ccc([N+](=O)[O-])cc3[nH]1)oc1ccccc12. The molecule has 0 spiro atoms. The number of aromatic amines is 1. The Balaban J connectivity index is 1.34. The van der Waals surface area contributed by atoms with Crippen LogP contribution in [0.4, 0.5) is 11.4 Å². The molecule has 0 bridgehead atoms. The van der Waals surface area contributed by atoms with Crippen LogP contribution in [0, 0.1) is 10.1 Å². The van der Waals surface area contributed by atoms with E-state index in [1.54, 1.807) is 19.2 Å². The number of aromatic nitrogens is 2. The number of para-hydroxylation sites is 1. The highest BCUT2D eigenvalue weighted by Crippen LogP contribution is 2.36. The van der Waals surface area contributed by atoms with Crippen LogP contribution in [-0.4, -0.2) is 33.7 Å². The maximum Gasteiger partial charge on any atom is 0.271 e. The number of hydrogen-bond acceptors (Lipinski definition) is 7. The zero-order valence-corrected chi connectivity index (χ0v) is 17.6. The number of thioether (sulfide) groups is 1. The monoisotopic (exact) mass is 448 g/mol. The van der Waals surface area contributed by atoms with Crippen molar-refractivity contribution in [3.05, 3.63) is 64.7 Å². The first-order valence-electron chi connectivity index (χ1n) is 9.58. The molecular weight excluding hydrogens is 432 g/mol. The predicted molar refractivity (Wildman–Crippen MR) is 122 cm³/mol. The number of imidazole rings is 1. The van der Waals surface area contributed by atoms with E-state index in [1.807, 2.05) is 30.3 Å². The van der Waals surface area contributed by atoms with Crippen molar-refractivity contribution in [2.45, 2.75) is 5.16 Å². The molecule has 10 heteroatoms. The third-order valence-electron chi connectivity index (χ3n) is 4.97. The summed E-state index contributed by atoms with van der Waals surface area (Å²) in [6.07, 6.45) is 0. The van der Waals surface area contributed by atoms with Gasteiger partial charge >= 0.3 is 0 Å². The quantitative estimate of drug-likeness (QED) is 0.210. The fourth-order valence-electron chi connectivity index (χ4n) is 3.49. The van der Waals surface area contributed by atoms with Crippen molar-refractivity contribution in [1.29, 1.82) is 0 Å². The first-order chi connectivity index (χ1) is 15.5. The minimum absolute atomic E-state index is 0.0245. The molecule has 9 nitrogen and oxygen atoms in total. The van der Waals surface area contributed by atoms with Crippen LogP contribution in [0.1, 0.15) is 0 Å². The molecule has 2 heterocycles. The number of H-pyrrole nitrogens is 1. The number of carbonyl (C=O) groups excluding carboxylic acids is 1. The van der Waals surface area contributed by atoms with Crippen LogP contribution in [0.3, 0.4) is 0 Å². The van der Waals surface area contributed by atoms with Crippen LogP contribution in [0.5, 0.6) is 5.75 Å². The Morgan fingerprint density at radius 2 is 2.03 bits per heavy atom. The number of amides is 1. The summed E-state index contributed by atoms with van der Waals surface area (Å²) in [6, 6.07) is 15.7. The van der Waals surface area contributed by atoms with E-state index in [0.717, 1.165) is 16.4 Å². The predicted octanol–water partition coefficient (Wildman–Crippen LogP) is 5.11.